The van der Waals surface area contributed by atoms with E-state index in [9.17, 15) is 9.90 Å². The molecule has 2 N–H and O–H groups in total. The van der Waals surface area contributed by atoms with E-state index in [-0.39, 0.29) is 11.3 Å². The third-order valence-electron chi connectivity index (χ3n) is 2.26. The summed E-state index contributed by atoms with van der Waals surface area (Å²) in [7, 11) is 4.24. The zero-order valence-electron chi connectivity index (χ0n) is 9.76. The van der Waals surface area contributed by atoms with Gasteiger partial charge in [0.15, 0.2) is 17.6 Å². The Morgan fingerprint density at radius 1 is 1.06 bits per heavy atom. The molecule has 0 aliphatic rings. The standard InChI is InChI=1S/C11H14O6/c1-15-7-5-9(17-3)8(16-2)4-6(7)10(12)11(13)14/h4-5,10,12H,1-3H3,(H,13,14)/t10-/m0/s1. The minimum atomic E-state index is -1.68. The summed E-state index contributed by atoms with van der Waals surface area (Å²) in [6.07, 6.45) is -1.68. The van der Waals surface area contributed by atoms with Crippen molar-refractivity contribution in [3.05, 3.63) is 17.7 Å². The van der Waals surface area contributed by atoms with Crippen LogP contribution in [0.1, 0.15) is 11.7 Å². The van der Waals surface area contributed by atoms with Crippen LogP contribution in [0.15, 0.2) is 12.1 Å². The molecule has 0 bridgehead atoms. The number of methoxy groups -OCH3 is 3. The first-order chi connectivity index (χ1) is 8.04. The minimum Gasteiger partial charge on any atom is -0.496 e. The molecule has 1 atom stereocenters. The second-order valence-electron chi connectivity index (χ2n) is 3.19. The van der Waals surface area contributed by atoms with Gasteiger partial charge in [0.25, 0.3) is 0 Å². The van der Waals surface area contributed by atoms with Gasteiger partial charge in [-0.15, -0.1) is 0 Å². The first-order valence-electron chi connectivity index (χ1n) is 4.76. The van der Waals surface area contributed by atoms with Crippen LogP contribution >= 0.6 is 0 Å². The summed E-state index contributed by atoms with van der Waals surface area (Å²) < 4.78 is 15.1. The van der Waals surface area contributed by atoms with Crippen molar-refractivity contribution in [3.8, 4) is 17.2 Å². The maximum absolute atomic E-state index is 10.7. The lowest BCUT2D eigenvalue weighted by Gasteiger charge is -2.15. The molecule has 94 valence electrons. The second kappa shape index (κ2) is 5.40. The van der Waals surface area contributed by atoms with Crippen molar-refractivity contribution in [2.75, 3.05) is 21.3 Å². The highest BCUT2D eigenvalue weighted by molar-refractivity contribution is 5.76. The molecule has 0 aromatic heterocycles. The molecular weight excluding hydrogens is 228 g/mol. The van der Waals surface area contributed by atoms with Gasteiger partial charge in [0.1, 0.15) is 5.75 Å². The lowest BCUT2D eigenvalue weighted by atomic mass is 10.1. The van der Waals surface area contributed by atoms with E-state index in [1.165, 1.54) is 33.5 Å². The normalized spacial score (nSPS) is 11.8. The van der Waals surface area contributed by atoms with Gasteiger partial charge in [-0.25, -0.2) is 4.79 Å². The topological polar surface area (TPSA) is 85.2 Å². The molecule has 0 heterocycles. The van der Waals surface area contributed by atoms with E-state index in [1.54, 1.807) is 0 Å². The third-order valence-corrected chi connectivity index (χ3v) is 2.26. The number of carbonyl (C=O) groups is 1. The summed E-state index contributed by atoms with van der Waals surface area (Å²) in [5.41, 5.74) is 0.109. The average molecular weight is 242 g/mol. The predicted molar refractivity (Wildman–Crippen MR) is 58.7 cm³/mol. The number of aliphatic hydroxyl groups excluding tert-OH is 1. The first-order valence-corrected chi connectivity index (χ1v) is 4.76. The number of hydrogen-bond acceptors (Lipinski definition) is 5. The van der Waals surface area contributed by atoms with E-state index in [0.29, 0.717) is 11.5 Å². The highest BCUT2D eigenvalue weighted by Crippen LogP contribution is 2.37. The summed E-state index contributed by atoms with van der Waals surface area (Å²) in [5.74, 6) is -0.428. The van der Waals surface area contributed by atoms with Crippen LogP contribution in [0.2, 0.25) is 0 Å². The molecular formula is C11H14O6. The van der Waals surface area contributed by atoms with Gasteiger partial charge in [-0.3, -0.25) is 0 Å². The Labute approximate surface area is 98.3 Å². The van der Waals surface area contributed by atoms with Crippen LogP contribution in [0.5, 0.6) is 17.2 Å². The molecule has 6 nitrogen and oxygen atoms in total. The fraction of sp³-hybridized carbons (Fsp3) is 0.364. The molecule has 17 heavy (non-hydrogen) atoms. The van der Waals surface area contributed by atoms with Gasteiger partial charge in [0, 0.05) is 11.6 Å². The molecule has 0 saturated heterocycles. The second-order valence-corrected chi connectivity index (χ2v) is 3.19. The molecule has 0 aliphatic carbocycles. The summed E-state index contributed by atoms with van der Waals surface area (Å²) in [5, 5.41) is 18.3. The molecule has 1 rings (SSSR count). The number of rotatable bonds is 5. The highest BCUT2D eigenvalue weighted by atomic mass is 16.5. The van der Waals surface area contributed by atoms with Gasteiger partial charge in [-0.1, -0.05) is 0 Å². The van der Waals surface area contributed by atoms with E-state index in [0.717, 1.165) is 0 Å². The lowest BCUT2D eigenvalue weighted by molar-refractivity contribution is -0.147. The summed E-state index contributed by atoms with van der Waals surface area (Å²) >= 11 is 0. The van der Waals surface area contributed by atoms with Gasteiger partial charge >= 0.3 is 5.97 Å². The van der Waals surface area contributed by atoms with Crippen LogP contribution in [0, 0.1) is 0 Å². The number of aliphatic hydroxyl groups is 1. The van der Waals surface area contributed by atoms with Crippen LogP contribution < -0.4 is 14.2 Å². The van der Waals surface area contributed by atoms with Crippen molar-refractivity contribution < 1.29 is 29.2 Å². The van der Waals surface area contributed by atoms with Gasteiger partial charge < -0.3 is 24.4 Å². The van der Waals surface area contributed by atoms with E-state index in [2.05, 4.69) is 0 Å². The summed E-state index contributed by atoms with van der Waals surface area (Å²) in [4.78, 5) is 10.7. The molecule has 0 amide bonds. The van der Waals surface area contributed by atoms with Crippen molar-refractivity contribution >= 4 is 5.97 Å². The van der Waals surface area contributed by atoms with Crippen molar-refractivity contribution in [2.45, 2.75) is 6.10 Å². The number of aliphatic carboxylic acids is 1. The van der Waals surface area contributed by atoms with Gasteiger partial charge in [-0.05, 0) is 6.07 Å². The molecule has 0 unspecified atom stereocenters. The zero-order chi connectivity index (χ0) is 13.0. The zero-order valence-corrected chi connectivity index (χ0v) is 9.76. The minimum absolute atomic E-state index is 0.109. The van der Waals surface area contributed by atoms with Gasteiger partial charge in [-0.2, -0.15) is 0 Å². The molecule has 0 saturated carbocycles. The molecule has 6 heteroatoms. The van der Waals surface area contributed by atoms with Crippen molar-refractivity contribution in [1.82, 2.24) is 0 Å². The third kappa shape index (κ3) is 2.59. The smallest absolute Gasteiger partial charge is 0.337 e. The number of carboxylic acids is 1. The van der Waals surface area contributed by atoms with Crippen LogP contribution in [-0.4, -0.2) is 37.5 Å². The Balaban J connectivity index is 3.33. The van der Waals surface area contributed by atoms with E-state index in [1.807, 2.05) is 0 Å². The molecule has 1 aromatic carbocycles. The first kappa shape index (κ1) is 13.1. The SMILES string of the molecule is COc1cc(OC)c([C@H](O)C(=O)O)cc1OC. The number of carboxylic acid groups (broad SMARTS) is 1. The van der Waals surface area contributed by atoms with Crippen LogP contribution in [0.4, 0.5) is 0 Å². The fourth-order valence-corrected chi connectivity index (χ4v) is 1.40. The average Bonchev–Trinajstić information content (AvgIpc) is 2.35. The van der Waals surface area contributed by atoms with Crippen molar-refractivity contribution in [3.63, 3.8) is 0 Å². The predicted octanol–water partition coefficient (Wildman–Crippen LogP) is 0.830. The quantitative estimate of drug-likeness (QED) is 0.795. The molecule has 0 fully saturated rings. The monoisotopic (exact) mass is 242 g/mol. The van der Waals surface area contributed by atoms with Gasteiger partial charge in [0.05, 0.1) is 21.3 Å². The van der Waals surface area contributed by atoms with E-state index in [4.69, 9.17) is 19.3 Å². The Morgan fingerprint density at radius 2 is 1.53 bits per heavy atom. The molecule has 0 radical (unpaired) electrons. The lowest BCUT2D eigenvalue weighted by Crippen LogP contribution is -2.12. The van der Waals surface area contributed by atoms with E-state index >= 15 is 0 Å². The van der Waals surface area contributed by atoms with Crippen molar-refractivity contribution in [2.24, 2.45) is 0 Å². The fourth-order valence-electron chi connectivity index (χ4n) is 1.40. The van der Waals surface area contributed by atoms with Crippen LogP contribution in [-0.2, 0) is 4.79 Å². The largest absolute Gasteiger partial charge is 0.496 e. The number of benzene rings is 1. The Hall–Kier alpha value is -1.95. The molecule has 1 aromatic rings. The number of ether oxygens (including phenoxy) is 3. The Bertz CT molecular complexity index is 415. The van der Waals surface area contributed by atoms with E-state index < -0.39 is 12.1 Å². The maximum Gasteiger partial charge on any atom is 0.337 e. The Morgan fingerprint density at radius 3 is 1.94 bits per heavy atom. The van der Waals surface area contributed by atoms with Gasteiger partial charge in [0.2, 0.25) is 0 Å². The molecule has 0 spiro atoms. The molecule has 0 aliphatic heterocycles. The summed E-state index contributed by atoms with van der Waals surface area (Å²) in [6, 6.07) is 2.83. The highest BCUT2D eigenvalue weighted by Gasteiger charge is 2.23. The number of hydrogen-bond donors (Lipinski definition) is 2. The summed E-state index contributed by atoms with van der Waals surface area (Å²) in [6.45, 7) is 0. The van der Waals surface area contributed by atoms with Crippen LogP contribution in [0.25, 0.3) is 0 Å². The maximum atomic E-state index is 10.7. The van der Waals surface area contributed by atoms with Crippen LogP contribution in [0.3, 0.4) is 0 Å². The van der Waals surface area contributed by atoms with Crippen molar-refractivity contribution in [1.29, 1.82) is 0 Å². The Kier molecular flexibility index (Phi) is 4.17.